The van der Waals surface area contributed by atoms with Crippen molar-refractivity contribution in [2.24, 2.45) is 5.92 Å². The number of hydrogen-bond acceptors (Lipinski definition) is 4. The van der Waals surface area contributed by atoms with Gasteiger partial charge >= 0.3 is 0 Å². The van der Waals surface area contributed by atoms with Crippen LogP contribution in [-0.4, -0.2) is 61.9 Å². The predicted octanol–water partition coefficient (Wildman–Crippen LogP) is 0.697. The normalized spacial score (nSPS) is 28.9. The molecule has 4 rings (SSSR count). The molecule has 0 radical (unpaired) electrons. The van der Waals surface area contributed by atoms with Gasteiger partial charge in [-0.05, 0) is 30.9 Å². The lowest BCUT2D eigenvalue weighted by Gasteiger charge is -2.36. The lowest BCUT2D eigenvalue weighted by molar-refractivity contribution is -0.153. The Balaban J connectivity index is 1.56. The zero-order valence-corrected chi connectivity index (χ0v) is 13.6. The molecule has 2 aliphatic heterocycles. The molecule has 2 saturated heterocycles. The van der Waals surface area contributed by atoms with Gasteiger partial charge in [-0.2, -0.15) is 4.31 Å². The van der Waals surface area contributed by atoms with Crippen molar-refractivity contribution in [3.63, 3.8) is 0 Å². The predicted molar refractivity (Wildman–Crippen MR) is 83.2 cm³/mol. The van der Waals surface area contributed by atoms with Gasteiger partial charge in [0.15, 0.2) is 0 Å². The first-order valence-electron chi connectivity index (χ1n) is 8.02. The number of carbonyl (C=O) groups excluding carboxylic acids is 1. The summed E-state index contributed by atoms with van der Waals surface area (Å²) in [6.07, 6.45) is 2.10. The van der Waals surface area contributed by atoms with Gasteiger partial charge in [-0.25, -0.2) is 8.42 Å². The molecule has 0 bridgehead atoms. The number of fused-ring (bicyclic) bond motifs is 1. The minimum atomic E-state index is -3.54. The van der Waals surface area contributed by atoms with Crippen LogP contribution < -0.4 is 0 Å². The maximum atomic E-state index is 12.8. The molecule has 3 aliphatic rings. The summed E-state index contributed by atoms with van der Waals surface area (Å²) < 4.78 is 32.6. The maximum absolute atomic E-state index is 12.8. The van der Waals surface area contributed by atoms with Crippen LogP contribution in [0.1, 0.15) is 12.8 Å². The van der Waals surface area contributed by atoms with E-state index in [1.165, 1.54) is 4.31 Å². The number of morpholine rings is 1. The van der Waals surface area contributed by atoms with Crippen LogP contribution in [0.2, 0.25) is 0 Å². The second-order valence-electron chi connectivity index (χ2n) is 6.54. The minimum Gasteiger partial charge on any atom is -0.365 e. The smallest absolute Gasteiger partial charge is 0.248 e. The molecular formula is C16H20N2O4S. The van der Waals surface area contributed by atoms with Crippen LogP contribution in [0.5, 0.6) is 0 Å². The third-order valence-corrected chi connectivity index (χ3v) is 6.72. The highest BCUT2D eigenvalue weighted by Gasteiger charge is 2.47. The van der Waals surface area contributed by atoms with Crippen LogP contribution in [0.15, 0.2) is 35.2 Å². The van der Waals surface area contributed by atoms with Gasteiger partial charge in [0.25, 0.3) is 0 Å². The molecule has 2 heterocycles. The topological polar surface area (TPSA) is 66.9 Å². The molecule has 1 saturated carbocycles. The summed E-state index contributed by atoms with van der Waals surface area (Å²) in [7, 11) is -3.54. The number of nitrogens with zero attached hydrogens (tertiary/aromatic N) is 2. The van der Waals surface area contributed by atoms with E-state index in [1.54, 1.807) is 30.3 Å². The zero-order valence-electron chi connectivity index (χ0n) is 12.8. The van der Waals surface area contributed by atoms with Crippen LogP contribution >= 0.6 is 0 Å². The fraction of sp³-hybridized carbons (Fsp3) is 0.562. The second kappa shape index (κ2) is 5.58. The first-order chi connectivity index (χ1) is 11.1. The molecule has 124 valence electrons. The van der Waals surface area contributed by atoms with Gasteiger partial charge in [0.1, 0.15) is 6.61 Å². The summed E-state index contributed by atoms with van der Waals surface area (Å²) in [6, 6.07) is 8.28. The van der Waals surface area contributed by atoms with Gasteiger partial charge in [-0.3, -0.25) is 4.79 Å². The summed E-state index contributed by atoms with van der Waals surface area (Å²) in [4.78, 5) is 14.3. The van der Waals surface area contributed by atoms with Crippen LogP contribution in [0, 0.1) is 5.92 Å². The average Bonchev–Trinajstić information content (AvgIpc) is 3.26. The van der Waals surface area contributed by atoms with Crippen molar-refractivity contribution < 1.29 is 17.9 Å². The number of rotatable bonds is 4. The molecule has 7 heteroatoms. The molecule has 23 heavy (non-hydrogen) atoms. The average molecular weight is 336 g/mol. The van der Waals surface area contributed by atoms with E-state index in [9.17, 15) is 13.2 Å². The number of carbonyl (C=O) groups is 1. The Labute approximate surface area is 136 Å². The van der Waals surface area contributed by atoms with Crippen molar-refractivity contribution in [1.82, 2.24) is 9.21 Å². The molecule has 1 aromatic rings. The molecule has 0 spiro atoms. The van der Waals surface area contributed by atoms with Gasteiger partial charge in [-0.1, -0.05) is 18.2 Å². The first-order valence-corrected chi connectivity index (χ1v) is 9.46. The standard InChI is InChI=1S/C16H20N2O4S/c19-16-11-22-15-10-17(9-14(15)18(16)8-12-6-7-12)23(20,21)13-4-2-1-3-5-13/h1-5,12,14-15H,6-11H2/t14-,15-/m1/s1. The van der Waals surface area contributed by atoms with Crippen molar-refractivity contribution in [2.45, 2.75) is 29.9 Å². The van der Waals surface area contributed by atoms with Crippen LogP contribution in [0.4, 0.5) is 0 Å². The maximum Gasteiger partial charge on any atom is 0.248 e. The minimum absolute atomic E-state index is 0.0166. The van der Waals surface area contributed by atoms with E-state index in [4.69, 9.17) is 4.74 Å². The Morgan fingerprint density at radius 3 is 2.57 bits per heavy atom. The SMILES string of the molecule is O=C1CO[C@@H]2CN(S(=O)(=O)c3ccccc3)C[C@H]2N1CC1CC1. The first kappa shape index (κ1) is 15.1. The monoisotopic (exact) mass is 336 g/mol. The van der Waals surface area contributed by atoms with Crippen molar-refractivity contribution in [2.75, 3.05) is 26.2 Å². The van der Waals surface area contributed by atoms with Crippen LogP contribution in [-0.2, 0) is 19.6 Å². The van der Waals surface area contributed by atoms with E-state index in [2.05, 4.69) is 0 Å². The fourth-order valence-corrected chi connectivity index (χ4v) is 4.88. The van der Waals surface area contributed by atoms with Crippen LogP contribution in [0.3, 0.4) is 0 Å². The second-order valence-corrected chi connectivity index (χ2v) is 8.48. The summed E-state index contributed by atoms with van der Waals surface area (Å²) in [5.41, 5.74) is 0. The van der Waals surface area contributed by atoms with Gasteiger partial charge in [-0.15, -0.1) is 0 Å². The number of sulfonamides is 1. The molecule has 6 nitrogen and oxygen atoms in total. The van der Waals surface area contributed by atoms with Gasteiger partial charge in [0.2, 0.25) is 15.9 Å². The Morgan fingerprint density at radius 1 is 1.13 bits per heavy atom. The van der Waals surface area contributed by atoms with Crippen molar-refractivity contribution in [1.29, 1.82) is 0 Å². The molecular weight excluding hydrogens is 316 g/mol. The summed E-state index contributed by atoms with van der Waals surface area (Å²) in [5.74, 6) is 0.564. The van der Waals surface area contributed by atoms with E-state index in [0.717, 1.165) is 19.4 Å². The van der Waals surface area contributed by atoms with Crippen LogP contribution in [0.25, 0.3) is 0 Å². The van der Waals surface area contributed by atoms with E-state index >= 15 is 0 Å². The molecule has 0 N–H and O–H groups in total. The molecule has 2 atom stereocenters. The highest BCUT2D eigenvalue weighted by molar-refractivity contribution is 7.89. The number of benzene rings is 1. The van der Waals surface area contributed by atoms with Crippen molar-refractivity contribution in [3.8, 4) is 0 Å². The fourth-order valence-electron chi connectivity index (χ4n) is 3.39. The largest absolute Gasteiger partial charge is 0.365 e. The highest BCUT2D eigenvalue weighted by Crippen LogP contribution is 2.34. The summed E-state index contributed by atoms with van der Waals surface area (Å²) in [5, 5.41) is 0. The third kappa shape index (κ3) is 2.77. The molecule has 1 aromatic carbocycles. The Morgan fingerprint density at radius 2 is 1.87 bits per heavy atom. The van der Waals surface area contributed by atoms with Gasteiger partial charge in [0, 0.05) is 19.6 Å². The zero-order chi connectivity index (χ0) is 16.0. The Bertz CT molecular complexity index is 702. The molecule has 3 fully saturated rings. The quantitative estimate of drug-likeness (QED) is 0.812. The van der Waals surface area contributed by atoms with E-state index in [1.807, 2.05) is 4.90 Å². The molecule has 0 aromatic heterocycles. The number of amides is 1. The molecule has 1 amide bonds. The Hall–Kier alpha value is -1.44. The number of ether oxygens (including phenoxy) is 1. The van der Waals surface area contributed by atoms with E-state index in [0.29, 0.717) is 23.9 Å². The van der Waals surface area contributed by atoms with E-state index in [-0.39, 0.29) is 24.7 Å². The summed E-state index contributed by atoms with van der Waals surface area (Å²) in [6.45, 7) is 1.44. The number of hydrogen-bond donors (Lipinski definition) is 0. The Kier molecular flexibility index (Phi) is 3.66. The lowest BCUT2D eigenvalue weighted by atomic mass is 10.1. The van der Waals surface area contributed by atoms with Gasteiger partial charge < -0.3 is 9.64 Å². The summed E-state index contributed by atoms with van der Waals surface area (Å²) >= 11 is 0. The van der Waals surface area contributed by atoms with E-state index < -0.39 is 10.0 Å². The highest BCUT2D eigenvalue weighted by atomic mass is 32.2. The molecule has 0 unspecified atom stereocenters. The lowest BCUT2D eigenvalue weighted by Crippen LogP contribution is -2.54. The molecule has 1 aliphatic carbocycles. The van der Waals surface area contributed by atoms with Crippen molar-refractivity contribution >= 4 is 15.9 Å². The third-order valence-electron chi connectivity index (χ3n) is 4.88. The van der Waals surface area contributed by atoms with Crippen molar-refractivity contribution in [3.05, 3.63) is 30.3 Å². The van der Waals surface area contributed by atoms with Gasteiger partial charge in [0.05, 0.1) is 17.0 Å².